The summed E-state index contributed by atoms with van der Waals surface area (Å²) in [5, 5.41) is 6.99. The van der Waals surface area contributed by atoms with Gasteiger partial charge in [0.2, 0.25) is 0 Å². The molecule has 0 fully saturated rings. The van der Waals surface area contributed by atoms with Crippen LogP contribution in [-0.2, 0) is 4.79 Å². The first-order chi connectivity index (χ1) is 18.9. The molecule has 0 aromatic heterocycles. The number of anilines is 1. The number of rotatable bonds is 14. The van der Waals surface area contributed by atoms with Gasteiger partial charge in [-0.15, -0.1) is 0 Å². The van der Waals surface area contributed by atoms with Crippen LogP contribution in [0.4, 0.5) is 5.69 Å². The lowest BCUT2D eigenvalue weighted by Crippen LogP contribution is -2.20. The van der Waals surface area contributed by atoms with Crippen LogP contribution < -0.4 is 29.7 Å². The Labute approximate surface area is 232 Å². The van der Waals surface area contributed by atoms with Crippen molar-refractivity contribution in [2.24, 2.45) is 5.10 Å². The van der Waals surface area contributed by atoms with Gasteiger partial charge in [-0.1, -0.05) is 42.5 Å². The van der Waals surface area contributed by atoms with Crippen LogP contribution >= 0.6 is 11.6 Å². The molecule has 10 heteroatoms. The average Bonchev–Trinajstić information content (AvgIpc) is 2.92. The lowest BCUT2D eigenvalue weighted by atomic mass is 10.2. The second kappa shape index (κ2) is 15.0. The summed E-state index contributed by atoms with van der Waals surface area (Å²) in [4.78, 5) is 24.9. The van der Waals surface area contributed by atoms with Crippen LogP contribution in [0.2, 0.25) is 5.02 Å². The van der Waals surface area contributed by atoms with E-state index in [1.807, 2.05) is 32.0 Å². The lowest BCUT2D eigenvalue weighted by Gasteiger charge is -2.14. The summed E-state index contributed by atoms with van der Waals surface area (Å²) in [6.07, 6.45) is 3.04. The third kappa shape index (κ3) is 8.79. The molecule has 39 heavy (non-hydrogen) atoms. The van der Waals surface area contributed by atoms with Gasteiger partial charge >= 0.3 is 0 Å². The summed E-state index contributed by atoms with van der Waals surface area (Å²) < 4.78 is 22.5. The number of carbonyl (C=O) groups is 2. The first-order valence-electron chi connectivity index (χ1n) is 12.2. The highest BCUT2D eigenvalue weighted by Gasteiger charge is 2.15. The Morgan fingerprint density at radius 2 is 1.67 bits per heavy atom. The molecule has 0 atom stereocenters. The number of amides is 2. The number of para-hydroxylation sites is 1. The van der Waals surface area contributed by atoms with Gasteiger partial charge in [-0.2, -0.15) is 5.10 Å². The predicted octanol–water partition coefficient (Wildman–Crippen LogP) is 5.48. The van der Waals surface area contributed by atoms with E-state index in [0.29, 0.717) is 53.9 Å². The third-order valence-electron chi connectivity index (χ3n) is 4.98. The molecule has 0 radical (unpaired) electrons. The molecule has 2 N–H and O–H groups in total. The fraction of sp³-hybridized carbons (Fsp3) is 0.207. The first-order valence-corrected chi connectivity index (χ1v) is 12.6. The zero-order valence-corrected chi connectivity index (χ0v) is 22.5. The molecular weight excluding hydrogens is 522 g/mol. The molecule has 204 valence electrons. The zero-order valence-electron chi connectivity index (χ0n) is 21.7. The van der Waals surface area contributed by atoms with Gasteiger partial charge in [0, 0.05) is 11.3 Å². The van der Waals surface area contributed by atoms with Crippen molar-refractivity contribution in [2.45, 2.75) is 13.8 Å². The quantitative estimate of drug-likeness (QED) is 0.156. The van der Waals surface area contributed by atoms with Crippen LogP contribution in [0.25, 0.3) is 0 Å². The molecule has 9 nitrogen and oxygen atoms in total. The number of ether oxygens (including phenoxy) is 4. The van der Waals surface area contributed by atoms with Crippen LogP contribution in [0.1, 0.15) is 29.8 Å². The highest BCUT2D eigenvalue weighted by molar-refractivity contribution is 6.32. The molecule has 3 aromatic rings. The fourth-order valence-corrected chi connectivity index (χ4v) is 3.61. The molecule has 0 spiro atoms. The number of hydrogen-bond donors (Lipinski definition) is 2. The summed E-state index contributed by atoms with van der Waals surface area (Å²) in [5.41, 5.74) is 4.02. The van der Waals surface area contributed by atoms with Crippen LogP contribution in [0.15, 0.2) is 78.4 Å². The van der Waals surface area contributed by atoms with E-state index in [9.17, 15) is 9.59 Å². The van der Waals surface area contributed by atoms with Gasteiger partial charge in [0.1, 0.15) is 6.61 Å². The van der Waals surface area contributed by atoms with E-state index in [1.165, 1.54) is 6.21 Å². The Balaban J connectivity index is 1.67. The van der Waals surface area contributed by atoms with E-state index >= 15 is 0 Å². The standard InChI is InChI=1S/C29H30ClN3O6/c1-4-14-38-24-13-12-21(17-25(24)36-5-2)29(35)33-31-18-20-15-23(30)28(26(16-20)37-6-3)39-19-27(34)32-22-10-8-7-9-11-22/h4,7-13,15-18H,1,5-6,14,19H2,2-3H3,(H,32,34)(H,33,35)/b31-18+. The Kier molecular flexibility index (Phi) is 11.2. The minimum atomic E-state index is -0.442. The van der Waals surface area contributed by atoms with Crippen molar-refractivity contribution in [3.8, 4) is 23.0 Å². The van der Waals surface area contributed by atoms with Crippen LogP contribution in [0, 0.1) is 0 Å². The second-order valence-corrected chi connectivity index (χ2v) is 8.27. The van der Waals surface area contributed by atoms with Gasteiger partial charge in [-0.05, 0) is 61.9 Å². The van der Waals surface area contributed by atoms with Crippen molar-refractivity contribution in [1.82, 2.24) is 5.43 Å². The van der Waals surface area contributed by atoms with Gasteiger partial charge in [-0.25, -0.2) is 5.43 Å². The lowest BCUT2D eigenvalue weighted by molar-refractivity contribution is -0.118. The molecule has 0 aliphatic heterocycles. The van der Waals surface area contributed by atoms with Crippen LogP contribution in [0.3, 0.4) is 0 Å². The molecule has 0 unspecified atom stereocenters. The van der Waals surface area contributed by atoms with E-state index in [1.54, 1.807) is 48.5 Å². The van der Waals surface area contributed by atoms with Gasteiger partial charge < -0.3 is 24.3 Å². The maximum atomic E-state index is 12.6. The minimum absolute atomic E-state index is 0.220. The molecule has 2 amide bonds. The molecule has 0 saturated carbocycles. The molecular formula is C29H30ClN3O6. The number of carbonyl (C=O) groups excluding carboxylic acids is 2. The zero-order chi connectivity index (χ0) is 28.0. The Morgan fingerprint density at radius 1 is 0.923 bits per heavy atom. The summed E-state index contributed by atoms with van der Waals surface area (Å²) in [6.45, 7) is 8.08. The highest BCUT2D eigenvalue weighted by atomic mass is 35.5. The first kappa shape index (κ1) is 29.1. The summed E-state index contributed by atoms with van der Waals surface area (Å²) >= 11 is 6.43. The largest absolute Gasteiger partial charge is 0.490 e. The van der Waals surface area contributed by atoms with Crippen molar-refractivity contribution in [1.29, 1.82) is 0 Å². The van der Waals surface area contributed by atoms with E-state index in [-0.39, 0.29) is 23.3 Å². The number of nitrogens with zero attached hydrogens (tertiary/aromatic N) is 1. The number of benzene rings is 3. The van der Waals surface area contributed by atoms with E-state index in [2.05, 4.69) is 22.4 Å². The monoisotopic (exact) mass is 551 g/mol. The smallest absolute Gasteiger partial charge is 0.271 e. The van der Waals surface area contributed by atoms with E-state index in [0.717, 1.165) is 0 Å². The topological polar surface area (TPSA) is 107 Å². The number of hydrazone groups is 1. The van der Waals surface area contributed by atoms with Gasteiger partial charge in [-0.3, -0.25) is 9.59 Å². The van der Waals surface area contributed by atoms with Crippen LogP contribution in [0.5, 0.6) is 23.0 Å². The van der Waals surface area contributed by atoms with Gasteiger partial charge in [0.05, 0.1) is 24.5 Å². The minimum Gasteiger partial charge on any atom is -0.490 e. The molecule has 0 heterocycles. The summed E-state index contributed by atoms with van der Waals surface area (Å²) in [7, 11) is 0. The maximum absolute atomic E-state index is 12.6. The predicted molar refractivity (Wildman–Crippen MR) is 152 cm³/mol. The summed E-state index contributed by atoms with van der Waals surface area (Å²) in [6, 6.07) is 17.1. The van der Waals surface area contributed by atoms with Crippen molar-refractivity contribution >= 4 is 35.3 Å². The van der Waals surface area contributed by atoms with E-state index < -0.39 is 5.91 Å². The van der Waals surface area contributed by atoms with Gasteiger partial charge in [0.15, 0.2) is 29.6 Å². The normalized spacial score (nSPS) is 10.5. The number of nitrogens with one attached hydrogen (secondary N) is 2. The molecule has 0 saturated heterocycles. The Bertz CT molecular complexity index is 1310. The SMILES string of the molecule is C=CCOc1ccc(C(=O)N/N=C/c2cc(Cl)c(OCC(=O)Nc3ccccc3)c(OCC)c2)cc1OCC. The highest BCUT2D eigenvalue weighted by Crippen LogP contribution is 2.36. The van der Waals surface area contributed by atoms with Crippen LogP contribution in [-0.4, -0.2) is 44.5 Å². The van der Waals surface area contributed by atoms with E-state index in [4.69, 9.17) is 30.5 Å². The third-order valence-corrected chi connectivity index (χ3v) is 5.26. The molecule has 0 aliphatic carbocycles. The Hall–Kier alpha value is -4.50. The van der Waals surface area contributed by atoms with Crippen molar-refractivity contribution in [2.75, 3.05) is 31.7 Å². The van der Waals surface area contributed by atoms with Gasteiger partial charge in [0.25, 0.3) is 11.8 Å². The fourth-order valence-electron chi connectivity index (χ4n) is 3.34. The second-order valence-electron chi connectivity index (χ2n) is 7.86. The number of halogens is 1. The van der Waals surface area contributed by atoms with Crippen molar-refractivity contribution in [3.63, 3.8) is 0 Å². The van der Waals surface area contributed by atoms with Crippen molar-refractivity contribution < 1.29 is 28.5 Å². The molecule has 0 aliphatic rings. The molecule has 0 bridgehead atoms. The molecule has 3 rings (SSSR count). The number of hydrogen-bond acceptors (Lipinski definition) is 7. The summed E-state index contributed by atoms with van der Waals surface area (Å²) in [5.74, 6) is 0.725. The van der Waals surface area contributed by atoms with Crippen molar-refractivity contribution in [3.05, 3.63) is 89.5 Å². The average molecular weight is 552 g/mol. The maximum Gasteiger partial charge on any atom is 0.271 e. The molecule has 3 aromatic carbocycles. The Morgan fingerprint density at radius 3 is 2.38 bits per heavy atom.